The molecule has 0 radical (unpaired) electrons. The van der Waals surface area contributed by atoms with Crippen LogP contribution in [0.1, 0.15) is 0 Å². The van der Waals surface area contributed by atoms with Crippen LogP contribution in [0, 0.1) is 0 Å². The highest BCUT2D eigenvalue weighted by molar-refractivity contribution is 5.97. The summed E-state index contributed by atoms with van der Waals surface area (Å²) in [5.74, 6) is 0. The minimum Gasteiger partial charge on any atom is -0.252 e. The summed E-state index contributed by atoms with van der Waals surface area (Å²) in [7, 11) is 0. The van der Waals surface area contributed by atoms with Crippen LogP contribution >= 0.6 is 0 Å². The van der Waals surface area contributed by atoms with Crippen molar-refractivity contribution in [1.29, 1.82) is 0 Å². The molecule has 5 aromatic rings. The third kappa shape index (κ3) is 2.44. The molecule has 0 saturated heterocycles. The van der Waals surface area contributed by atoms with Crippen molar-refractivity contribution < 1.29 is 0 Å². The van der Waals surface area contributed by atoms with Gasteiger partial charge in [-0.15, -0.1) is 0 Å². The van der Waals surface area contributed by atoms with E-state index in [-0.39, 0.29) is 0 Å². The molecule has 0 spiro atoms. The lowest BCUT2D eigenvalue weighted by Crippen LogP contribution is -1.91. The lowest BCUT2D eigenvalue weighted by Gasteiger charge is -2.08. The smallest absolute Gasteiger partial charge is 0.0891 e. The molecule has 0 amide bonds. The van der Waals surface area contributed by atoms with E-state index in [1.165, 1.54) is 21.5 Å². The molecular formula is C24H16N2. The Kier molecular flexibility index (Phi) is 3.46. The largest absolute Gasteiger partial charge is 0.252 e. The van der Waals surface area contributed by atoms with Crippen LogP contribution < -0.4 is 0 Å². The number of hydrogen-bond donors (Lipinski definition) is 0. The number of hydrogen-bond acceptors (Lipinski definition) is 2. The SMILES string of the molecule is c1ccc2c(-c3cnc(-c4cccc5ccccc45)cn3)cccc2c1. The zero-order chi connectivity index (χ0) is 17.3. The molecule has 4 aromatic carbocycles. The highest BCUT2D eigenvalue weighted by Gasteiger charge is 2.08. The Morgan fingerprint density at radius 1 is 0.423 bits per heavy atom. The van der Waals surface area contributed by atoms with Gasteiger partial charge in [-0.1, -0.05) is 84.9 Å². The normalized spacial score (nSPS) is 11.1. The summed E-state index contributed by atoms with van der Waals surface area (Å²) in [5.41, 5.74) is 4.01. The van der Waals surface area contributed by atoms with E-state index in [9.17, 15) is 0 Å². The molecule has 0 saturated carbocycles. The van der Waals surface area contributed by atoms with Crippen LogP contribution in [0.5, 0.6) is 0 Å². The Labute approximate surface area is 151 Å². The maximum atomic E-state index is 4.72. The van der Waals surface area contributed by atoms with Gasteiger partial charge < -0.3 is 0 Å². The van der Waals surface area contributed by atoms with E-state index < -0.39 is 0 Å². The van der Waals surface area contributed by atoms with Gasteiger partial charge in [-0.3, -0.25) is 9.97 Å². The maximum absolute atomic E-state index is 4.72. The van der Waals surface area contributed by atoms with E-state index >= 15 is 0 Å². The molecule has 0 aliphatic heterocycles. The molecule has 2 heteroatoms. The quantitative estimate of drug-likeness (QED) is 0.389. The summed E-state index contributed by atoms with van der Waals surface area (Å²) in [6.07, 6.45) is 3.75. The first-order valence-corrected chi connectivity index (χ1v) is 8.68. The van der Waals surface area contributed by atoms with Gasteiger partial charge in [0.25, 0.3) is 0 Å². The fourth-order valence-corrected chi connectivity index (χ4v) is 3.50. The predicted molar refractivity (Wildman–Crippen MR) is 108 cm³/mol. The fourth-order valence-electron chi connectivity index (χ4n) is 3.50. The van der Waals surface area contributed by atoms with Crippen molar-refractivity contribution in [1.82, 2.24) is 9.97 Å². The van der Waals surface area contributed by atoms with Crippen molar-refractivity contribution >= 4 is 21.5 Å². The van der Waals surface area contributed by atoms with E-state index in [0.29, 0.717) is 0 Å². The zero-order valence-corrected chi connectivity index (χ0v) is 14.1. The monoisotopic (exact) mass is 332 g/mol. The average molecular weight is 332 g/mol. The minimum atomic E-state index is 0.894. The van der Waals surface area contributed by atoms with Gasteiger partial charge in [0, 0.05) is 11.1 Å². The van der Waals surface area contributed by atoms with E-state index in [1.54, 1.807) is 0 Å². The predicted octanol–water partition coefficient (Wildman–Crippen LogP) is 6.12. The number of nitrogens with zero attached hydrogens (tertiary/aromatic N) is 2. The molecule has 0 aliphatic rings. The number of fused-ring (bicyclic) bond motifs is 2. The number of aromatic nitrogens is 2. The van der Waals surface area contributed by atoms with Crippen LogP contribution in [-0.4, -0.2) is 9.97 Å². The Bertz CT molecular complexity index is 1120. The van der Waals surface area contributed by atoms with E-state index in [2.05, 4.69) is 84.9 Å². The molecular weight excluding hydrogens is 316 g/mol. The van der Waals surface area contributed by atoms with Gasteiger partial charge in [0.05, 0.1) is 23.8 Å². The van der Waals surface area contributed by atoms with Gasteiger partial charge in [-0.05, 0) is 21.5 Å². The van der Waals surface area contributed by atoms with Gasteiger partial charge in [-0.2, -0.15) is 0 Å². The minimum absolute atomic E-state index is 0.894. The molecule has 0 N–H and O–H groups in total. The lowest BCUT2D eigenvalue weighted by molar-refractivity contribution is 1.21. The standard InChI is InChI=1S/C24H16N2/c1-3-11-19-17(7-1)9-5-13-21(19)23-15-26-24(16-25-23)22-14-6-10-18-8-2-4-12-20(18)22/h1-16H. The van der Waals surface area contributed by atoms with Crippen molar-refractivity contribution in [2.45, 2.75) is 0 Å². The van der Waals surface area contributed by atoms with Gasteiger partial charge in [-0.25, -0.2) is 0 Å². The molecule has 0 unspecified atom stereocenters. The lowest BCUT2D eigenvalue weighted by atomic mass is 10.0. The van der Waals surface area contributed by atoms with Crippen LogP contribution in [0.25, 0.3) is 44.1 Å². The number of rotatable bonds is 2. The topological polar surface area (TPSA) is 25.8 Å². The molecule has 2 nitrogen and oxygen atoms in total. The summed E-state index contributed by atoms with van der Waals surface area (Å²) in [4.78, 5) is 9.44. The van der Waals surface area contributed by atoms with Crippen LogP contribution in [0.2, 0.25) is 0 Å². The van der Waals surface area contributed by atoms with Crippen LogP contribution in [0.4, 0.5) is 0 Å². The van der Waals surface area contributed by atoms with Crippen molar-refractivity contribution in [2.75, 3.05) is 0 Å². The van der Waals surface area contributed by atoms with Crippen LogP contribution in [-0.2, 0) is 0 Å². The third-order valence-corrected chi connectivity index (χ3v) is 4.78. The summed E-state index contributed by atoms with van der Waals surface area (Å²) in [6.45, 7) is 0. The summed E-state index contributed by atoms with van der Waals surface area (Å²) in [6, 6.07) is 29.3. The zero-order valence-electron chi connectivity index (χ0n) is 14.1. The van der Waals surface area contributed by atoms with Gasteiger partial charge in [0.2, 0.25) is 0 Å². The van der Waals surface area contributed by atoms with E-state index in [1.807, 2.05) is 12.4 Å². The molecule has 122 valence electrons. The summed E-state index contributed by atoms with van der Waals surface area (Å²) in [5, 5.41) is 4.82. The van der Waals surface area contributed by atoms with Gasteiger partial charge >= 0.3 is 0 Å². The first-order chi connectivity index (χ1) is 12.9. The van der Waals surface area contributed by atoms with Gasteiger partial charge in [0.1, 0.15) is 0 Å². The second-order valence-corrected chi connectivity index (χ2v) is 6.34. The average Bonchev–Trinajstić information content (AvgIpc) is 2.73. The third-order valence-electron chi connectivity index (χ3n) is 4.78. The van der Waals surface area contributed by atoms with Crippen molar-refractivity contribution in [3.8, 4) is 22.5 Å². The molecule has 0 atom stereocenters. The first-order valence-electron chi connectivity index (χ1n) is 8.68. The van der Waals surface area contributed by atoms with Crippen LogP contribution in [0.15, 0.2) is 97.3 Å². The van der Waals surface area contributed by atoms with Crippen molar-refractivity contribution in [2.24, 2.45) is 0 Å². The van der Waals surface area contributed by atoms with Crippen molar-refractivity contribution in [3.05, 3.63) is 97.3 Å². The summed E-state index contributed by atoms with van der Waals surface area (Å²) >= 11 is 0. The Balaban J connectivity index is 1.63. The van der Waals surface area contributed by atoms with E-state index in [4.69, 9.17) is 9.97 Å². The number of benzene rings is 4. The molecule has 1 heterocycles. The maximum Gasteiger partial charge on any atom is 0.0891 e. The fraction of sp³-hybridized carbons (Fsp3) is 0. The highest BCUT2D eigenvalue weighted by Crippen LogP contribution is 2.30. The first kappa shape index (κ1) is 14.8. The second-order valence-electron chi connectivity index (χ2n) is 6.34. The Morgan fingerprint density at radius 2 is 0.846 bits per heavy atom. The molecule has 5 rings (SSSR count). The van der Waals surface area contributed by atoms with Gasteiger partial charge in [0.15, 0.2) is 0 Å². The van der Waals surface area contributed by atoms with Crippen LogP contribution in [0.3, 0.4) is 0 Å². The molecule has 1 aromatic heterocycles. The Hall–Kier alpha value is -3.52. The summed E-state index contributed by atoms with van der Waals surface area (Å²) < 4.78 is 0. The molecule has 0 bridgehead atoms. The molecule has 0 aliphatic carbocycles. The molecule has 0 fully saturated rings. The van der Waals surface area contributed by atoms with Crippen molar-refractivity contribution in [3.63, 3.8) is 0 Å². The molecule has 26 heavy (non-hydrogen) atoms. The highest BCUT2D eigenvalue weighted by atomic mass is 14.8. The van der Waals surface area contributed by atoms with E-state index in [0.717, 1.165) is 22.5 Å². The second kappa shape index (κ2) is 6.08. The Morgan fingerprint density at radius 3 is 1.31 bits per heavy atom.